The number of ether oxygens (including phenoxy) is 2. The molecule has 0 aliphatic rings. The van der Waals surface area contributed by atoms with Crippen LogP contribution in [0.5, 0.6) is 11.5 Å². The Hall–Kier alpha value is -3.54. The molecule has 6 heteroatoms. The largest absolute Gasteiger partial charge is 0.483 e. The van der Waals surface area contributed by atoms with Crippen LogP contribution in [0.2, 0.25) is 0 Å². The molecule has 28 heavy (non-hydrogen) atoms. The molecule has 3 aromatic rings. The minimum Gasteiger partial charge on any atom is -0.483 e. The van der Waals surface area contributed by atoms with E-state index in [0.29, 0.717) is 11.5 Å². The van der Waals surface area contributed by atoms with Gasteiger partial charge in [-0.3, -0.25) is 20.4 Å². The summed E-state index contributed by atoms with van der Waals surface area (Å²) in [7, 11) is 0. The van der Waals surface area contributed by atoms with Crippen molar-refractivity contribution in [1.82, 2.24) is 10.9 Å². The highest BCUT2D eigenvalue weighted by Crippen LogP contribution is 2.25. The van der Waals surface area contributed by atoms with Gasteiger partial charge >= 0.3 is 0 Å². The van der Waals surface area contributed by atoms with Gasteiger partial charge in [-0.25, -0.2) is 0 Å². The SMILES string of the molecule is Cc1cccc(C)c1OCC(=O)NNC(=O)COc1cccc2ccccc12. The Labute approximate surface area is 163 Å². The summed E-state index contributed by atoms with van der Waals surface area (Å²) in [6.07, 6.45) is 0. The van der Waals surface area contributed by atoms with Crippen LogP contribution in [0.25, 0.3) is 10.8 Å². The molecule has 2 amide bonds. The first-order valence-corrected chi connectivity index (χ1v) is 8.92. The van der Waals surface area contributed by atoms with E-state index >= 15 is 0 Å². The number of para-hydroxylation sites is 1. The average Bonchev–Trinajstić information content (AvgIpc) is 2.70. The number of carbonyl (C=O) groups excluding carboxylic acids is 2. The Morgan fingerprint density at radius 1 is 0.750 bits per heavy atom. The molecule has 0 aliphatic carbocycles. The molecule has 0 radical (unpaired) electrons. The molecule has 0 spiro atoms. The lowest BCUT2D eigenvalue weighted by atomic mass is 10.1. The predicted molar refractivity (Wildman–Crippen MR) is 107 cm³/mol. The fourth-order valence-electron chi connectivity index (χ4n) is 2.84. The maximum absolute atomic E-state index is 11.9. The molecular formula is C22H22N2O4. The number of hydrazine groups is 1. The van der Waals surface area contributed by atoms with Gasteiger partial charge in [0.05, 0.1) is 0 Å². The molecule has 0 aromatic heterocycles. The van der Waals surface area contributed by atoms with E-state index in [1.54, 1.807) is 6.07 Å². The van der Waals surface area contributed by atoms with Crippen molar-refractivity contribution in [2.45, 2.75) is 13.8 Å². The molecule has 2 N–H and O–H groups in total. The van der Waals surface area contributed by atoms with Crippen molar-refractivity contribution in [1.29, 1.82) is 0 Å². The topological polar surface area (TPSA) is 76.7 Å². The van der Waals surface area contributed by atoms with Gasteiger partial charge < -0.3 is 9.47 Å². The summed E-state index contributed by atoms with van der Waals surface area (Å²) < 4.78 is 11.1. The van der Waals surface area contributed by atoms with Crippen LogP contribution < -0.4 is 20.3 Å². The van der Waals surface area contributed by atoms with Gasteiger partial charge in [-0.1, -0.05) is 54.6 Å². The maximum atomic E-state index is 11.9. The van der Waals surface area contributed by atoms with E-state index < -0.39 is 11.8 Å². The second-order valence-electron chi connectivity index (χ2n) is 6.37. The molecule has 0 saturated heterocycles. The maximum Gasteiger partial charge on any atom is 0.276 e. The smallest absolute Gasteiger partial charge is 0.276 e. The van der Waals surface area contributed by atoms with Crippen LogP contribution in [-0.2, 0) is 9.59 Å². The number of fused-ring (bicyclic) bond motifs is 1. The molecule has 3 rings (SSSR count). The van der Waals surface area contributed by atoms with Crippen LogP contribution in [0.1, 0.15) is 11.1 Å². The fourth-order valence-corrected chi connectivity index (χ4v) is 2.84. The van der Waals surface area contributed by atoms with E-state index in [9.17, 15) is 9.59 Å². The lowest BCUT2D eigenvalue weighted by Crippen LogP contribution is -2.45. The molecule has 0 atom stereocenters. The number of benzene rings is 3. The Balaban J connectivity index is 1.46. The van der Waals surface area contributed by atoms with Crippen molar-refractivity contribution < 1.29 is 19.1 Å². The van der Waals surface area contributed by atoms with Crippen molar-refractivity contribution >= 4 is 22.6 Å². The van der Waals surface area contributed by atoms with Gasteiger partial charge in [0, 0.05) is 5.39 Å². The number of hydrogen-bond donors (Lipinski definition) is 2. The van der Waals surface area contributed by atoms with Gasteiger partial charge in [-0.15, -0.1) is 0 Å². The average molecular weight is 378 g/mol. The number of nitrogens with one attached hydrogen (secondary N) is 2. The fraction of sp³-hybridized carbons (Fsp3) is 0.182. The highest BCUT2D eigenvalue weighted by molar-refractivity contribution is 5.89. The minimum atomic E-state index is -0.464. The third kappa shape index (κ3) is 4.79. The highest BCUT2D eigenvalue weighted by atomic mass is 16.5. The molecule has 3 aromatic carbocycles. The van der Waals surface area contributed by atoms with E-state index in [1.807, 2.05) is 68.4 Å². The second kappa shape index (κ2) is 8.90. The summed E-state index contributed by atoms with van der Waals surface area (Å²) in [4.78, 5) is 23.8. The van der Waals surface area contributed by atoms with Gasteiger partial charge in [0.15, 0.2) is 13.2 Å². The zero-order valence-electron chi connectivity index (χ0n) is 15.8. The standard InChI is InChI=1S/C22H22N2O4/c1-15-7-5-8-16(2)22(15)28-14-21(26)24-23-20(25)13-27-19-12-6-10-17-9-3-4-11-18(17)19/h3-12H,13-14H2,1-2H3,(H,23,25)(H,24,26). The number of aryl methyl sites for hydroxylation is 2. The van der Waals surface area contributed by atoms with Gasteiger partial charge in [-0.2, -0.15) is 0 Å². The number of hydrogen-bond acceptors (Lipinski definition) is 4. The quantitative estimate of drug-likeness (QED) is 0.647. The Kier molecular flexibility index (Phi) is 6.11. The first kappa shape index (κ1) is 19.2. The molecule has 0 unspecified atom stereocenters. The van der Waals surface area contributed by atoms with E-state index in [1.165, 1.54) is 0 Å². The second-order valence-corrected chi connectivity index (χ2v) is 6.37. The number of rotatable bonds is 6. The number of carbonyl (C=O) groups is 2. The van der Waals surface area contributed by atoms with Crippen LogP contribution in [0.3, 0.4) is 0 Å². The van der Waals surface area contributed by atoms with Gasteiger partial charge in [0.25, 0.3) is 11.8 Å². The molecule has 0 fully saturated rings. The monoisotopic (exact) mass is 378 g/mol. The van der Waals surface area contributed by atoms with Crippen LogP contribution in [-0.4, -0.2) is 25.0 Å². The molecule has 0 saturated carbocycles. The lowest BCUT2D eigenvalue weighted by molar-refractivity contribution is -0.131. The summed E-state index contributed by atoms with van der Waals surface area (Å²) in [5.74, 6) is 0.357. The zero-order chi connectivity index (χ0) is 19.9. The van der Waals surface area contributed by atoms with Crippen LogP contribution in [0.15, 0.2) is 60.7 Å². The van der Waals surface area contributed by atoms with Gasteiger partial charge in [0.2, 0.25) is 0 Å². The van der Waals surface area contributed by atoms with E-state index in [-0.39, 0.29) is 13.2 Å². The lowest BCUT2D eigenvalue weighted by Gasteiger charge is -2.13. The van der Waals surface area contributed by atoms with Gasteiger partial charge in [0.1, 0.15) is 11.5 Å². The Morgan fingerprint density at radius 3 is 2.04 bits per heavy atom. The Morgan fingerprint density at radius 2 is 1.32 bits per heavy atom. The van der Waals surface area contributed by atoms with E-state index in [4.69, 9.17) is 9.47 Å². The van der Waals surface area contributed by atoms with Crippen LogP contribution in [0, 0.1) is 13.8 Å². The molecule has 144 valence electrons. The summed E-state index contributed by atoms with van der Waals surface area (Å²) >= 11 is 0. The minimum absolute atomic E-state index is 0.198. The molecule has 0 aliphatic heterocycles. The molecule has 0 bridgehead atoms. The normalized spacial score (nSPS) is 10.4. The van der Waals surface area contributed by atoms with E-state index in [0.717, 1.165) is 21.9 Å². The predicted octanol–water partition coefficient (Wildman–Crippen LogP) is 3.06. The van der Waals surface area contributed by atoms with Crippen molar-refractivity contribution in [2.24, 2.45) is 0 Å². The van der Waals surface area contributed by atoms with Crippen molar-refractivity contribution in [2.75, 3.05) is 13.2 Å². The summed E-state index contributed by atoms with van der Waals surface area (Å²) in [5.41, 5.74) is 6.53. The van der Waals surface area contributed by atoms with Crippen molar-refractivity contribution in [3.63, 3.8) is 0 Å². The summed E-state index contributed by atoms with van der Waals surface area (Å²) in [6, 6.07) is 19.1. The van der Waals surface area contributed by atoms with Crippen LogP contribution in [0.4, 0.5) is 0 Å². The van der Waals surface area contributed by atoms with Crippen molar-refractivity contribution in [3.05, 3.63) is 71.8 Å². The summed E-state index contributed by atoms with van der Waals surface area (Å²) in [5, 5.41) is 1.95. The highest BCUT2D eigenvalue weighted by Gasteiger charge is 2.09. The first-order valence-electron chi connectivity index (χ1n) is 8.92. The number of amides is 2. The van der Waals surface area contributed by atoms with Crippen LogP contribution >= 0.6 is 0 Å². The third-order valence-electron chi connectivity index (χ3n) is 4.21. The van der Waals surface area contributed by atoms with Gasteiger partial charge in [-0.05, 0) is 36.4 Å². The summed E-state index contributed by atoms with van der Waals surface area (Å²) in [6.45, 7) is 3.40. The molecule has 6 nitrogen and oxygen atoms in total. The molecule has 0 heterocycles. The van der Waals surface area contributed by atoms with E-state index in [2.05, 4.69) is 10.9 Å². The third-order valence-corrected chi connectivity index (χ3v) is 4.21. The van der Waals surface area contributed by atoms with Crippen molar-refractivity contribution in [3.8, 4) is 11.5 Å². The first-order chi connectivity index (χ1) is 13.5. The molecular weight excluding hydrogens is 356 g/mol. The Bertz CT molecular complexity index is 975. The zero-order valence-corrected chi connectivity index (χ0v) is 15.8.